The van der Waals surface area contributed by atoms with E-state index in [4.69, 9.17) is 9.47 Å². The molecule has 1 N–H and O–H groups in total. The number of likely N-dealkylation sites (N-methyl/N-ethyl adjacent to an activating group) is 1. The molecule has 8 heteroatoms. The Morgan fingerprint density at radius 1 is 1.20 bits per heavy atom. The lowest BCUT2D eigenvalue weighted by Crippen LogP contribution is -2.50. The normalized spacial score (nSPS) is 20.8. The van der Waals surface area contributed by atoms with Crippen LogP contribution in [0.4, 0.5) is 0 Å². The Bertz CT molecular complexity index is 718. The van der Waals surface area contributed by atoms with Crippen LogP contribution in [0.3, 0.4) is 0 Å². The maximum absolute atomic E-state index is 12.1. The number of morpholine rings is 2. The lowest BCUT2D eigenvalue weighted by atomic mass is 10.0. The highest BCUT2D eigenvalue weighted by Crippen LogP contribution is 2.25. The molecule has 8 nitrogen and oxygen atoms in total. The monoisotopic (exact) mass is 417 g/mol. The van der Waals surface area contributed by atoms with Gasteiger partial charge in [-0.1, -0.05) is 24.3 Å². The van der Waals surface area contributed by atoms with Crippen molar-refractivity contribution in [3.8, 4) is 0 Å². The van der Waals surface area contributed by atoms with Crippen LogP contribution in [0, 0.1) is 6.92 Å². The quantitative estimate of drug-likeness (QED) is 0.544. The van der Waals surface area contributed by atoms with E-state index in [2.05, 4.69) is 45.2 Å². The molecule has 2 saturated heterocycles. The number of aliphatic imine (C=N–C) groups is 1. The third-order valence-corrected chi connectivity index (χ3v) is 5.58. The molecule has 0 bridgehead atoms. The zero-order valence-corrected chi connectivity index (χ0v) is 18.5. The number of carbonyl (C=O) groups is 1. The maximum atomic E-state index is 12.1. The van der Waals surface area contributed by atoms with Gasteiger partial charge in [0.05, 0.1) is 26.4 Å². The summed E-state index contributed by atoms with van der Waals surface area (Å²) in [6.45, 7) is 9.55. The fourth-order valence-electron chi connectivity index (χ4n) is 3.68. The van der Waals surface area contributed by atoms with Crippen molar-refractivity contribution in [2.24, 2.45) is 4.99 Å². The fraction of sp³-hybridized carbons (Fsp3) is 0.636. The van der Waals surface area contributed by atoms with Gasteiger partial charge in [0.1, 0.15) is 12.6 Å². The second-order valence-corrected chi connectivity index (χ2v) is 7.97. The molecule has 1 amide bonds. The first kappa shape index (κ1) is 22.5. The van der Waals surface area contributed by atoms with Crippen LogP contribution in [0.2, 0.25) is 0 Å². The van der Waals surface area contributed by atoms with Crippen LogP contribution >= 0.6 is 0 Å². The van der Waals surface area contributed by atoms with Crippen molar-refractivity contribution >= 4 is 11.9 Å². The predicted octanol–water partition coefficient (Wildman–Crippen LogP) is 0.734. The molecule has 2 aliphatic heterocycles. The van der Waals surface area contributed by atoms with E-state index in [1.807, 2.05) is 6.07 Å². The first-order chi connectivity index (χ1) is 14.5. The number of rotatable bonds is 6. The van der Waals surface area contributed by atoms with Crippen molar-refractivity contribution in [1.29, 1.82) is 0 Å². The summed E-state index contributed by atoms with van der Waals surface area (Å²) in [7, 11) is 3.51. The van der Waals surface area contributed by atoms with Gasteiger partial charge in [-0.05, 0) is 18.1 Å². The molecule has 2 heterocycles. The van der Waals surface area contributed by atoms with Crippen LogP contribution in [0.5, 0.6) is 0 Å². The highest BCUT2D eigenvalue weighted by Gasteiger charge is 2.25. The maximum Gasteiger partial charge on any atom is 0.243 e. The molecule has 1 aromatic carbocycles. The summed E-state index contributed by atoms with van der Waals surface area (Å²) in [5.41, 5.74) is 2.44. The summed E-state index contributed by atoms with van der Waals surface area (Å²) in [6, 6.07) is 8.34. The minimum atomic E-state index is -0.00816. The molecule has 0 spiro atoms. The minimum absolute atomic E-state index is 0.00394. The van der Waals surface area contributed by atoms with E-state index in [1.165, 1.54) is 11.1 Å². The largest absolute Gasteiger partial charge is 0.379 e. The van der Waals surface area contributed by atoms with Gasteiger partial charge >= 0.3 is 0 Å². The second-order valence-electron chi connectivity index (χ2n) is 7.97. The Kier molecular flexibility index (Phi) is 8.48. The number of hydrogen-bond donors (Lipinski definition) is 1. The number of benzene rings is 1. The number of nitrogens with zero attached hydrogens (tertiary/aromatic N) is 4. The molecular weight excluding hydrogens is 382 g/mol. The number of carbonyl (C=O) groups excluding carboxylic acids is 1. The minimum Gasteiger partial charge on any atom is -0.379 e. The highest BCUT2D eigenvalue weighted by atomic mass is 16.5. The van der Waals surface area contributed by atoms with Crippen molar-refractivity contribution in [1.82, 2.24) is 20.0 Å². The van der Waals surface area contributed by atoms with E-state index in [-0.39, 0.29) is 18.6 Å². The van der Waals surface area contributed by atoms with E-state index >= 15 is 0 Å². The first-order valence-corrected chi connectivity index (χ1v) is 10.7. The number of ether oxygens (including phenoxy) is 2. The molecule has 0 radical (unpaired) electrons. The van der Waals surface area contributed by atoms with E-state index < -0.39 is 0 Å². The average Bonchev–Trinajstić information content (AvgIpc) is 2.77. The number of guanidine groups is 1. The molecule has 166 valence electrons. The Morgan fingerprint density at radius 2 is 1.97 bits per heavy atom. The molecule has 2 fully saturated rings. The van der Waals surface area contributed by atoms with Crippen LogP contribution in [0.15, 0.2) is 29.3 Å². The van der Waals surface area contributed by atoms with Crippen molar-refractivity contribution in [2.45, 2.75) is 13.0 Å². The van der Waals surface area contributed by atoms with Crippen LogP contribution in [0.25, 0.3) is 0 Å². The van der Waals surface area contributed by atoms with Gasteiger partial charge in [-0.15, -0.1) is 0 Å². The zero-order chi connectivity index (χ0) is 21.3. The Balaban J connectivity index is 1.65. The third-order valence-electron chi connectivity index (χ3n) is 5.58. The summed E-state index contributed by atoms with van der Waals surface area (Å²) in [4.78, 5) is 22.9. The van der Waals surface area contributed by atoms with Crippen molar-refractivity contribution in [2.75, 3.05) is 79.7 Å². The number of hydrogen-bond acceptors (Lipinski definition) is 5. The summed E-state index contributed by atoms with van der Waals surface area (Å²) < 4.78 is 11.5. The van der Waals surface area contributed by atoms with Crippen molar-refractivity contribution in [3.63, 3.8) is 0 Å². The first-order valence-electron chi connectivity index (χ1n) is 10.7. The lowest BCUT2D eigenvalue weighted by Gasteiger charge is -2.36. The average molecular weight is 418 g/mol. The predicted molar refractivity (Wildman–Crippen MR) is 118 cm³/mol. The van der Waals surface area contributed by atoms with Gasteiger partial charge in [-0.2, -0.15) is 0 Å². The van der Waals surface area contributed by atoms with E-state index in [9.17, 15) is 4.79 Å². The van der Waals surface area contributed by atoms with E-state index in [0.717, 1.165) is 51.9 Å². The van der Waals surface area contributed by atoms with Gasteiger partial charge in [-0.3, -0.25) is 9.69 Å². The summed E-state index contributed by atoms with van der Waals surface area (Å²) in [6.07, 6.45) is -0.00394. The Hall–Kier alpha value is -2.16. The van der Waals surface area contributed by atoms with Gasteiger partial charge in [0.25, 0.3) is 0 Å². The fourth-order valence-corrected chi connectivity index (χ4v) is 3.68. The number of amides is 1. The van der Waals surface area contributed by atoms with Gasteiger partial charge in [0.15, 0.2) is 5.96 Å². The van der Waals surface area contributed by atoms with Crippen molar-refractivity contribution in [3.05, 3.63) is 35.4 Å². The SMILES string of the molecule is Cc1ccccc1C1CN(C(=NCC(=O)N(C)C)NCCN2CCOCC2)CCO1. The van der Waals surface area contributed by atoms with Crippen LogP contribution in [-0.4, -0.2) is 106 Å². The van der Waals surface area contributed by atoms with Gasteiger partial charge in [0.2, 0.25) is 5.91 Å². The Labute approximate surface area is 179 Å². The molecular formula is C22H35N5O3. The topological polar surface area (TPSA) is 69.6 Å². The van der Waals surface area contributed by atoms with Gasteiger partial charge in [0, 0.05) is 46.8 Å². The highest BCUT2D eigenvalue weighted by molar-refractivity contribution is 5.85. The lowest BCUT2D eigenvalue weighted by molar-refractivity contribution is -0.127. The summed E-state index contributed by atoms with van der Waals surface area (Å²) >= 11 is 0. The molecule has 0 aromatic heterocycles. The van der Waals surface area contributed by atoms with Gasteiger partial charge in [-0.25, -0.2) is 4.99 Å². The molecule has 0 saturated carbocycles. The van der Waals surface area contributed by atoms with Crippen molar-refractivity contribution < 1.29 is 14.3 Å². The molecule has 0 aliphatic carbocycles. The van der Waals surface area contributed by atoms with Gasteiger partial charge < -0.3 is 24.6 Å². The summed E-state index contributed by atoms with van der Waals surface area (Å²) in [5, 5.41) is 3.48. The molecule has 1 aromatic rings. The van der Waals surface area contributed by atoms with Crippen LogP contribution in [0.1, 0.15) is 17.2 Å². The molecule has 2 aliphatic rings. The van der Waals surface area contributed by atoms with E-state index in [1.54, 1.807) is 19.0 Å². The molecule has 30 heavy (non-hydrogen) atoms. The number of aryl methyl sites for hydroxylation is 1. The van der Waals surface area contributed by atoms with Crippen LogP contribution < -0.4 is 5.32 Å². The van der Waals surface area contributed by atoms with Crippen LogP contribution in [-0.2, 0) is 14.3 Å². The zero-order valence-electron chi connectivity index (χ0n) is 18.5. The Morgan fingerprint density at radius 3 is 2.70 bits per heavy atom. The third kappa shape index (κ3) is 6.42. The summed E-state index contributed by atoms with van der Waals surface area (Å²) in [5.74, 6) is 0.770. The molecule has 1 unspecified atom stereocenters. The standard InChI is InChI=1S/C22H35N5O3/c1-18-6-4-5-7-19(18)20-17-27(12-15-30-20)22(24-16-21(28)25(2)3)23-8-9-26-10-13-29-14-11-26/h4-7,20H,8-17H2,1-3H3,(H,23,24). The smallest absolute Gasteiger partial charge is 0.243 e. The molecule has 3 rings (SSSR count). The second kappa shape index (κ2) is 11.3. The van der Waals surface area contributed by atoms with E-state index in [0.29, 0.717) is 13.2 Å². The molecule has 1 atom stereocenters. The number of nitrogens with one attached hydrogen (secondary N) is 1.